The van der Waals surface area contributed by atoms with E-state index in [2.05, 4.69) is 135 Å². The molecule has 1 heteroatoms. The third-order valence-electron chi connectivity index (χ3n) is 7.00. The van der Waals surface area contributed by atoms with E-state index in [1.54, 1.807) is 6.92 Å². The Morgan fingerprint density at radius 2 is 1.46 bits per heavy atom. The quantitative estimate of drug-likeness (QED) is 0.185. The fraction of sp³-hybridized carbons (Fsp3) is 0.400. The maximum Gasteiger partial charge on any atom is -0.171 e. The van der Waals surface area contributed by atoms with E-state index in [-0.39, 0.29) is 10.8 Å². The van der Waals surface area contributed by atoms with Crippen molar-refractivity contribution in [3.63, 3.8) is 0 Å². The molecule has 0 bridgehead atoms. The Morgan fingerprint density at radius 1 is 0.878 bits per heavy atom. The first-order chi connectivity index (χ1) is 19.3. The van der Waals surface area contributed by atoms with Crippen LogP contribution in [0.4, 0.5) is 0 Å². The first-order valence-corrected chi connectivity index (χ1v) is 16.5. The predicted molar refractivity (Wildman–Crippen MR) is 179 cm³/mol. The second-order valence-corrected chi connectivity index (χ2v) is 12.7. The van der Waals surface area contributed by atoms with Gasteiger partial charge in [-0.3, -0.25) is 6.08 Å². The van der Waals surface area contributed by atoms with Gasteiger partial charge in [0.15, 0.2) is 0 Å². The minimum absolute atomic E-state index is 0.167. The van der Waals surface area contributed by atoms with Crippen molar-refractivity contribution in [3.05, 3.63) is 125 Å². The second-order valence-electron chi connectivity index (χ2n) is 12.7. The molecule has 0 aliphatic heterocycles. The van der Waals surface area contributed by atoms with Crippen molar-refractivity contribution in [1.82, 2.24) is 0 Å². The van der Waals surface area contributed by atoms with Crippen LogP contribution >= 0.6 is 0 Å². The van der Waals surface area contributed by atoms with Gasteiger partial charge in [-0.15, -0.1) is 11.1 Å². The topological polar surface area (TPSA) is 0 Å². The van der Waals surface area contributed by atoms with Gasteiger partial charge in [-0.25, -0.2) is 5.57 Å². The average Bonchev–Trinajstić information content (AvgIpc) is 3.49. The van der Waals surface area contributed by atoms with E-state index in [0.717, 1.165) is 6.42 Å². The Morgan fingerprint density at radius 3 is 1.85 bits per heavy atom. The van der Waals surface area contributed by atoms with E-state index >= 15 is 0 Å². The van der Waals surface area contributed by atoms with Gasteiger partial charge in [-0.05, 0) is 28.4 Å². The van der Waals surface area contributed by atoms with Crippen LogP contribution < -0.4 is 0 Å². The molecular formula is C40H52Zr-4. The number of fused-ring (bicyclic) bond motifs is 3. The Bertz CT molecular complexity index is 1170. The Labute approximate surface area is 268 Å². The minimum Gasteiger partial charge on any atom is -0.184 e. The van der Waals surface area contributed by atoms with Crippen molar-refractivity contribution >= 4 is 4.21 Å². The van der Waals surface area contributed by atoms with Crippen LogP contribution in [0, 0.1) is 37.0 Å². The van der Waals surface area contributed by atoms with Crippen LogP contribution in [0.1, 0.15) is 98.4 Å². The number of hydrogen-bond acceptors (Lipinski definition) is 0. The second kappa shape index (κ2) is 17.1. The van der Waals surface area contributed by atoms with Crippen molar-refractivity contribution < 1.29 is 24.2 Å². The van der Waals surface area contributed by atoms with Crippen LogP contribution in [-0.2, 0) is 41.5 Å². The molecule has 0 saturated carbocycles. The summed E-state index contributed by atoms with van der Waals surface area (Å²) < 4.78 is 3.34. The maximum atomic E-state index is 3.67. The van der Waals surface area contributed by atoms with E-state index in [9.17, 15) is 0 Å². The molecule has 2 aliphatic carbocycles. The minimum atomic E-state index is 0.167. The standard InChI is InChI=1S/C21H25.C10H15.C6H5.C2H5.CH2.Zr/c1-20(2,3)16-7-9-18-14(12-16)11-15-13-17(21(4,5)6)8-10-19(15)18;1-7(2)10-6-8(3)5-9(10)4;1-2-4-6-5-3-1;1-2;;/h7-10,12H,11H2,1-6H3;6-8H,1-4H3;1-5H;1H2,2H3;1H2;/q4*-1;;. The molecule has 3 aromatic carbocycles. The number of benzene rings is 3. The van der Waals surface area contributed by atoms with E-state index in [1.807, 2.05) is 30.3 Å². The summed E-state index contributed by atoms with van der Waals surface area (Å²) in [7, 11) is 0. The summed E-state index contributed by atoms with van der Waals surface area (Å²) in [6, 6.07) is 27.7. The van der Waals surface area contributed by atoms with Gasteiger partial charge in [0.25, 0.3) is 0 Å². The van der Waals surface area contributed by atoms with Crippen molar-refractivity contribution in [3.8, 4) is 11.1 Å². The van der Waals surface area contributed by atoms with Crippen molar-refractivity contribution in [2.24, 2.45) is 11.8 Å². The van der Waals surface area contributed by atoms with Gasteiger partial charge < -0.3 is 6.92 Å². The Balaban J connectivity index is 0.000000348. The summed E-state index contributed by atoms with van der Waals surface area (Å²) in [6.07, 6.45) is 6.70. The molecule has 220 valence electrons. The molecule has 3 aromatic rings. The first kappa shape index (κ1) is 36.9. The summed E-state index contributed by atoms with van der Waals surface area (Å²) in [6.45, 7) is 27.4. The van der Waals surface area contributed by atoms with E-state index in [1.165, 1.54) is 68.8 Å². The molecule has 1 unspecified atom stereocenters. The van der Waals surface area contributed by atoms with Gasteiger partial charge in [-0.2, -0.15) is 78.7 Å². The van der Waals surface area contributed by atoms with Crippen molar-refractivity contribution in [2.45, 2.75) is 93.4 Å². The molecule has 0 heterocycles. The third-order valence-corrected chi connectivity index (χ3v) is 7.00. The molecule has 0 aromatic heterocycles. The molecule has 0 amide bonds. The number of hydrogen-bond donors (Lipinski definition) is 0. The van der Waals surface area contributed by atoms with Gasteiger partial charge in [-0.1, -0.05) is 105 Å². The predicted octanol–water partition coefficient (Wildman–Crippen LogP) is 10.9. The van der Waals surface area contributed by atoms with Gasteiger partial charge in [0.2, 0.25) is 0 Å². The van der Waals surface area contributed by atoms with Crippen LogP contribution in [0.2, 0.25) is 0 Å². The summed E-state index contributed by atoms with van der Waals surface area (Å²) in [4.78, 5) is 0. The van der Waals surface area contributed by atoms with Gasteiger partial charge >= 0.3 is 28.4 Å². The molecule has 5 rings (SSSR count). The molecular weight excluding hydrogens is 572 g/mol. The Hall–Kier alpha value is -2.11. The summed E-state index contributed by atoms with van der Waals surface area (Å²) in [5, 5.41) is 0. The number of allylic oxidation sites excluding steroid dienone is 4. The van der Waals surface area contributed by atoms with Crippen LogP contribution in [0.25, 0.3) is 11.1 Å². The SMILES string of the molecule is CC(C)(C)c1[c-]c2c(cc1)-c1ccc(C(C)(C)C)cc1C2.CC1=[C-]C(C)C=C1C(C)C.[CH2-]C.[CH2]=[Zr].[c-]1ccccc1. The monoisotopic (exact) mass is 622 g/mol. The summed E-state index contributed by atoms with van der Waals surface area (Å²) in [5.41, 5.74) is 11.5. The third kappa shape index (κ3) is 11.2. The van der Waals surface area contributed by atoms with Crippen LogP contribution in [0.5, 0.6) is 0 Å². The zero-order chi connectivity index (χ0) is 31.4. The van der Waals surface area contributed by atoms with Crippen LogP contribution in [0.3, 0.4) is 0 Å². The smallest absolute Gasteiger partial charge is 0.171 e. The Kier molecular flexibility index (Phi) is 15.4. The molecule has 0 saturated heterocycles. The number of rotatable bonds is 1. The molecule has 0 fully saturated rings. The zero-order valence-corrected chi connectivity index (χ0v) is 30.1. The largest absolute Gasteiger partial charge is 0.184 e. The van der Waals surface area contributed by atoms with Gasteiger partial charge in [0.1, 0.15) is 0 Å². The molecule has 1 atom stereocenters. The molecule has 0 N–H and O–H groups in total. The van der Waals surface area contributed by atoms with Crippen LogP contribution in [-0.4, -0.2) is 4.21 Å². The average molecular weight is 624 g/mol. The fourth-order valence-corrected chi connectivity index (χ4v) is 4.86. The van der Waals surface area contributed by atoms with Gasteiger partial charge in [0.05, 0.1) is 0 Å². The molecule has 2 aliphatic rings. The molecule has 0 nitrogen and oxygen atoms in total. The van der Waals surface area contributed by atoms with Crippen molar-refractivity contribution in [2.75, 3.05) is 0 Å². The molecule has 0 radical (unpaired) electrons. The van der Waals surface area contributed by atoms with E-state index in [0.29, 0.717) is 11.8 Å². The fourth-order valence-electron chi connectivity index (χ4n) is 4.86. The van der Waals surface area contributed by atoms with Gasteiger partial charge in [0, 0.05) is 0 Å². The first-order valence-electron chi connectivity index (χ1n) is 14.8. The zero-order valence-electron chi connectivity index (χ0n) is 27.6. The van der Waals surface area contributed by atoms with Crippen molar-refractivity contribution in [1.29, 1.82) is 0 Å². The van der Waals surface area contributed by atoms with E-state index < -0.39 is 0 Å². The molecule has 0 spiro atoms. The normalized spacial score (nSPS) is 14.7. The maximum absolute atomic E-state index is 3.67. The van der Waals surface area contributed by atoms with E-state index in [4.69, 9.17) is 0 Å². The summed E-state index contributed by atoms with van der Waals surface area (Å²) >= 11 is 1.30. The molecule has 41 heavy (non-hydrogen) atoms. The summed E-state index contributed by atoms with van der Waals surface area (Å²) in [5.74, 6) is 1.20. The van der Waals surface area contributed by atoms with Crippen LogP contribution in [0.15, 0.2) is 77.9 Å².